The Hall–Kier alpha value is -2.65. The van der Waals surface area contributed by atoms with Crippen LogP contribution in [0.15, 0.2) is 24.5 Å². The summed E-state index contributed by atoms with van der Waals surface area (Å²) in [4.78, 5) is 26.3. The highest BCUT2D eigenvalue weighted by atomic mass is 16.5. The fourth-order valence-electron chi connectivity index (χ4n) is 4.35. The van der Waals surface area contributed by atoms with Gasteiger partial charge in [0.1, 0.15) is 17.4 Å². The summed E-state index contributed by atoms with van der Waals surface area (Å²) in [6, 6.07) is 4.08. The topological polar surface area (TPSA) is 102 Å². The predicted molar refractivity (Wildman–Crippen MR) is 101 cm³/mol. The normalized spacial score (nSPS) is 28.2. The van der Waals surface area contributed by atoms with Crippen molar-refractivity contribution in [2.75, 3.05) is 43.6 Å². The van der Waals surface area contributed by atoms with Crippen molar-refractivity contribution in [3.8, 4) is 11.8 Å². The molecule has 1 amide bonds. The standard InChI is InChI=1S/C19H23N5O4/c1-26-19-10-18(11-19,12-19)16(25)22-14-9-21-17(23-14)28-13-2-3-15(20-8-13)24-4-6-27-7-5-24/h2-3,8-9H,4-7,10-12H2,1H3,(H,21,23)(H,22,25). The van der Waals surface area contributed by atoms with Gasteiger partial charge < -0.3 is 24.4 Å². The molecule has 0 atom stereocenters. The molecule has 6 rings (SSSR count). The van der Waals surface area contributed by atoms with Crippen LogP contribution in [0.1, 0.15) is 19.3 Å². The quantitative estimate of drug-likeness (QED) is 0.783. The van der Waals surface area contributed by atoms with E-state index < -0.39 is 0 Å². The molecule has 4 aliphatic rings. The second-order valence-electron chi connectivity index (χ2n) is 7.81. The molecule has 9 heteroatoms. The minimum absolute atomic E-state index is 0.0122. The van der Waals surface area contributed by atoms with Gasteiger partial charge in [-0.15, -0.1) is 0 Å². The number of nitrogens with one attached hydrogen (secondary N) is 2. The number of anilines is 2. The van der Waals surface area contributed by atoms with Gasteiger partial charge in [-0.05, 0) is 31.4 Å². The molecule has 0 unspecified atom stereocenters. The van der Waals surface area contributed by atoms with Gasteiger partial charge in [-0.1, -0.05) is 0 Å². The van der Waals surface area contributed by atoms with Gasteiger partial charge in [-0.3, -0.25) is 9.78 Å². The number of pyridine rings is 1. The number of amides is 1. The summed E-state index contributed by atoms with van der Waals surface area (Å²) >= 11 is 0. The molecule has 2 aromatic rings. The lowest BCUT2D eigenvalue weighted by molar-refractivity contribution is -0.260. The zero-order valence-electron chi connectivity index (χ0n) is 15.7. The molecule has 3 aliphatic carbocycles. The third-order valence-corrected chi connectivity index (χ3v) is 5.97. The van der Waals surface area contributed by atoms with E-state index in [1.165, 1.54) is 0 Å². The zero-order chi connectivity index (χ0) is 19.2. The summed E-state index contributed by atoms with van der Waals surface area (Å²) in [5.74, 6) is 2.01. The number of nitrogens with zero attached hydrogens (tertiary/aromatic N) is 3. The van der Waals surface area contributed by atoms with E-state index in [0.717, 1.165) is 38.2 Å². The van der Waals surface area contributed by atoms with Gasteiger partial charge in [0.05, 0.1) is 36.6 Å². The Morgan fingerprint density at radius 1 is 1.21 bits per heavy atom. The number of ether oxygens (including phenoxy) is 3. The van der Waals surface area contributed by atoms with Crippen molar-refractivity contribution in [2.45, 2.75) is 24.9 Å². The molecule has 1 aliphatic heterocycles. The highest BCUT2D eigenvalue weighted by Gasteiger charge is 2.72. The first-order chi connectivity index (χ1) is 13.6. The van der Waals surface area contributed by atoms with Crippen molar-refractivity contribution in [2.24, 2.45) is 5.41 Å². The third-order valence-electron chi connectivity index (χ3n) is 5.97. The van der Waals surface area contributed by atoms with Crippen LogP contribution in [0.5, 0.6) is 11.8 Å². The lowest BCUT2D eigenvalue weighted by atomic mass is 9.40. The zero-order valence-corrected chi connectivity index (χ0v) is 15.7. The van der Waals surface area contributed by atoms with Crippen molar-refractivity contribution in [3.63, 3.8) is 0 Å². The van der Waals surface area contributed by atoms with E-state index in [1.807, 2.05) is 12.1 Å². The maximum Gasteiger partial charge on any atom is 0.300 e. The van der Waals surface area contributed by atoms with Gasteiger partial charge >= 0.3 is 6.01 Å². The molecule has 2 N–H and O–H groups in total. The van der Waals surface area contributed by atoms with Crippen molar-refractivity contribution in [1.82, 2.24) is 15.0 Å². The SMILES string of the molecule is COC12CC(C(=O)Nc3cnc(Oc4ccc(N5CCOCC5)nc4)[nH]3)(C1)C2. The molecule has 3 heterocycles. The average Bonchev–Trinajstić information content (AvgIpc) is 3.08. The van der Waals surface area contributed by atoms with Crippen LogP contribution in [0.25, 0.3) is 0 Å². The molecule has 3 saturated carbocycles. The highest BCUT2D eigenvalue weighted by Crippen LogP contribution is 2.69. The first-order valence-electron chi connectivity index (χ1n) is 9.48. The average molecular weight is 385 g/mol. The van der Waals surface area contributed by atoms with Gasteiger partial charge in [0.2, 0.25) is 5.91 Å². The van der Waals surface area contributed by atoms with E-state index in [-0.39, 0.29) is 16.9 Å². The van der Waals surface area contributed by atoms with E-state index in [4.69, 9.17) is 14.2 Å². The maximum absolute atomic E-state index is 12.5. The summed E-state index contributed by atoms with van der Waals surface area (Å²) in [6.07, 6.45) is 5.60. The van der Waals surface area contributed by atoms with Gasteiger partial charge in [0, 0.05) is 20.2 Å². The van der Waals surface area contributed by atoms with Crippen molar-refractivity contribution >= 4 is 17.5 Å². The molecular weight excluding hydrogens is 362 g/mol. The molecule has 4 fully saturated rings. The summed E-state index contributed by atoms with van der Waals surface area (Å²) < 4.78 is 16.5. The summed E-state index contributed by atoms with van der Waals surface area (Å²) in [7, 11) is 1.71. The molecule has 9 nitrogen and oxygen atoms in total. The third kappa shape index (κ3) is 2.91. The van der Waals surface area contributed by atoms with Gasteiger partial charge in [-0.2, -0.15) is 0 Å². The van der Waals surface area contributed by atoms with E-state index in [9.17, 15) is 4.79 Å². The Labute approximate surface area is 162 Å². The Balaban J connectivity index is 1.17. The number of carbonyl (C=O) groups excluding carboxylic acids is 1. The number of morpholine rings is 1. The van der Waals surface area contributed by atoms with Gasteiger partial charge in [0.25, 0.3) is 0 Å². The number of rotatable bonds is 6. The first-order valence-corrected chi connectivity index (χ1v) is 9.48. The van der Waals surface area contributed by atoms with Crippen LogP contribution < -0.4 is 15.0 Å². The Morgan fingerprint density at radius 3 is 2.68 bits per heavy atom. The molecule has 0 aromatic carbocycles. The van der Waals surface area contributed by atoms with Crippen LogP contribution in [0.2, 0.25) is 0 Å². The van der Waals surface area contributed by atoms with Crippen LogP contribution in [-0.2, 0) is 14.3 Å². The number of H-pyrrole nitrogens is 1. The number of carbonyl (C=O) groups is 1. The summed E-state index contributed by atoms with van der Waals surface area (Å²) in [6.45, 7) is 3.10. The van der Waals surface area contributed by atoms with Crippen LogP contribution in [0.4, 0.5) is 11.6 Å². The molecule has 28 heavy (non-hydrogen) atoms. The molecular formula is C19H23N5O4. The maximum atomic E-state index is 12.5. The smallest absolute Gasteiger partial charge is 0.300 e. The van der Waals surface area contributed by atoms with Crippen molar-refractivity contribution in [1.29, 1.82) is 0 Å². The molecule has 148 valence electrons. The Morgan fingerprint density at radius 2 is 2.00 bits per heavy atom. The van der Waals surface area contributed by atoms with Crippen LogP contribution in [0, 0.1) is 5.41 Å². The Kier molecular flexibility index (Phi) is 4.02. The summed E-state index contributed by atoms with van der Waals surface area (Å²) in [5.41, 5.74) is -0.332. The fraction of sp³-hybridized carbons (Fsp3) is 0.526. The number of aromatic amines is 1. The lowest BCUT2D eigenvalue weighted by Crippen LogP contribution is -2.72. The number of imidazole rings is 1. The monoisotopic (exact) mass is 385 g/mol. The molecule has 0 spiro atoms. The minimum Gasteiger partial charge on any atom is -0.424 e. The van der Waals surface area contributed by atoms with E-state index in [1.54, 1.807) is 19.5 Å². The molecule has 1 saturated heterocycles. The van der Waals surface area contributed by atoms with Crippen molar-refractivity contribution in [3.05, 3.63) is 24.5 Å². The second-order valence-corrected chi connectivity index (χ2v) is 7.81. The van der Waals surface area contributed by atoms with E-state index in [2.05, 4.69) is 25.2 Å². The van der Waals surface area contributed by atoms with E-state index in [0.29, 0.717) is 30.8 Å². The predicted octanol–water partition coefficient (Wildman–Crippen LogP) is 1.94. The molecule has 0 radical (unpaired) electrons. The fourth-order valence-corrected chi connectivity index (χ4v) is 4.35. The largest absolute Gasteiger partial charge is 0.424 e. The lowest BCUT2D eigenvalue weighted by Gasteiger charge is -2.67. The number of hydrogen-bond donors (Lipinski definition) is 2. The van der Waals surface area contributed by atoms with Gasteiger partial charge in [-0.25, -0.2) is 9.97 Å². The van der Waals surface area contributed by atoms with Gasteiger partial charge in [0.15, 0.2) is 0 Å². The second kappa shape index (κ2) is 6.46. The number of hydrogen-bond acceptors (Lipinski definition) is 7. The Bertz CT molecular complexity index is 855. The minimum atomic E-state index is -0.276. The van der Waals surface area contributed by atoms with Crippen LogP contribution in [-0.4, -0.2) is 59.9 Å². The van der Waals surface area contributed by atoms with Crippen molar-refractivity contribution < 1.29 is 19.0 Å². The number of aromatic nitrogens is 3. The van der Waals surface area contributed by atoms with Crippen LogP contribution in [0.3, 0.4) is 0 Å². The van der Waals surface area contributed by atoms with E-state index >= 15 is 0 Å². The highest BCUT2D eigenvalue weighted by molar-refractivity contribution is 5.97. The number of methoxy groups -OCH3 is 1. The first kappa shape index (κ1) is 17.4. The molecule has 2 bridgehead atoms. The van der Waals surface area contributed by atoms with Crippen LogP contribution >= 0.6 is 0 Å². The molecule has 2 aromatic heterocycles. The summed E-state index contributed by atoms with van der Waals surface area (Å²) in [5, 5.41) is 2.90.